The first kappa shape index (κ1) is 11.0. The van der Waals surface area contributed by atoms with Crippen LogP contribution in [0.1, 0.15) is 6.92 Å². The number of aliphatic imine (C=N–C) groups is 1. The Morgan fingerprint density at radius 2 is 2.40 bits per heavy atom. The first-order valence-corrected chi connectivity index (χ1v) is 4.17. The highest BCUT2D eigenvalue weighted by Gasteiger charge is 2.31. The lowest BCUT2D eigenvalue weighted by Crippen LogP contribution is -2.27. The molecule has 1 aliphatic rings. The largest absolute Gasteiger partial charge is 0.465 e. The van der Waals surface area contributed by atoms with Gasteiger partial charge >= 0.3 is 5.97 Å². The van der Waals surface area contributed by atoms with E-state index in [0.29, 0.717) is 0 Å². The molecule has 80 valence electrons. The minimum absolute atomic E-state index is 0.105. The van der Waals surface area contributed by atoms with Crippen LogP contribution < -0.4 is 0 Å². The molecule has 0 aromatic rings. The number of hydrogen-bond acceptors (Lipinski definition) is 5. The number of ether oxygens (including phenoxy) is 1. The quantitative estimate of drug-likeness (QED) is 0.282. The lowest BCUT2D eigenvalue weighted by atomic mass is 10.1. The van der Waals surface area contributed by atoms with Gasteiger partial charge in [0.1, 0.15) is 6.21 Å². The molecule has 0 saturated carbocycles. The smallest absolute Gasteiger partial charge is 0.322 e. The summed E-state index contributed by atoms with van der Waals surface area (Å²) in [4.78, 5) is 35.2. The Balaban J connectivity index is 2.88. The number of dihydropyridines is 1. The maximum Gasteiger partial charge on any atom is 0.322 e. The fraction of sp³-hybridized carbons (Fsp3) is 0.375. The van der Waals surface area contributed by atoms with Gasteiger partial charge in [0.05, 0.1) is 11.5 Å². The maximum atomic E-state index is 11.2. The highest BCUT2D eigenvalue weighted by atomic mass is 16.6. The fourth-order valence-corrected chi connectivity index (χ4v) is 1.00. The topological polar surface area (TPSA) is 98.9 Å². The number of nitro groups is 1. The molecule has 0 bridgehead atoms. The van der Waals surface area contributed by atoms with E-state index < -0.39 is 22.7 Å². The van der Waals surface area contributed by atoms with E-state index in [9.17, 15) is 19.7 Å². The molecular weight excluding hydrogens is 204 g/mol. The molecule has 0 N–H and O–H groups in total. The molecule has 0 spiro atoms. The molecule has 1 rings (SSSR count). The highest BCUT2D eigenvalue weighted by Crippen LogP contribution is 2.12. The summed E-state index contributed by atoms with van der Waals surface area (Å²) in [6, 6.07) is 0. The van der Waals surface area contributed by atoms with Gasteiger partial charge in [-0.2, -0.15) is 0 Å². The molecule has 0 radical (unpaired) electrons. The van der Waals surface area contributed by atoms with Gasteiger partial charge in [-0.15, -0.1) is 0 Å². The van der Waals surface area contributed by atoms with Crippen LogP contribution in [-0.4, -0.2) is 29.6 Å². The van der Waals surface area contributed by atoms with E-state index in [2.05, 4.69) is 9.73 Å². The van der Waals surface area contributed by atoms with Crippen LogP contribution in [0.5, 0.6) is 0 Å². The van der Waals surface area contributed by atoms with Gasteiger partial charge in [-0.05, 0) is 6.92 Å². The Hall–Kier alpha value is -2.05. The first-order chi connectivity index (χ1) is 7.06. The van der Waals surface area contributed by atoms with Crippen molar-refractivity contribution in [3.05, 3.63) is 21.9 Å². The van der Waals surface area contributed by atoms with Gasteiger partial charge in [-0.1, -0.05) is 0 Å². The molecule has 0 aliphatic carbocycles. The normalized spacial score (nSPS) is 19.7. The van der Waals surface area contributed by atoms with Crippen LogP contribution in [0.3, 0.4) is 0 Å². The van der Waals surface area contributed by atoms with Gasteiger partial charge in [-0.3, -0.25) is 19.7 Å². The minimum atomic E-state index is -1.30. The predicted octanol–water partition coefficient (Wildman–Crippen LogP) is -0.0627. The summed E-state index contributed by atoms with van der Waals surface area (Å²) >= 11 is 0. The number of rotatable bonds is 3. The number of carbonyl (C=O) groups excluding carboxylic acids is 2. The number of hydrogen-bond donors (Lipinski definition) is 0. The molecule has 1 atom stereocenters. The molecule has 1 heterocycles. The Morgan fingerprint density at radius 3 is 2.93 bits per heavy atom. The van der Waals surface area contributed by atoms with E-state index in [1.807, 2.05) is 0 Å². The van der Waals surface area contributed by atoms with Gasteiger partial charge in [0.2, 0.25) is 0 Å². The summed E-state index contributed by atoms with van der Waals surface area (Å²) in [6.45, 7) is 1.68. The highest BCUT2D eigenvalue weighted by molar-refractivity contribution is 6.06. The van der Waals surface area contributed by atoms with Crippen molar-refractivity contribution in [3.8, 4) is 0 Å². The number of nitrogens with zero attached hydrogens (tertiary/aromatic N) is 2. The molecule has 15 heavy (non-hydrogen) atoms. The molecule has 1 amide bonds. The van der Waals surface area contributed by atoms with Gasteiger partial charge in [0.15, 0.2) is 5.92 Å². The predicted molar refractivity (Wildman–Crippen MR) is 48.7 cm³/mol. The Labute approximate surface area is 84.6 Å². The minimum Gasteiger partial charge on any atom is -0.465 e. The van der Waals surface area contributed by atoms with E-state index >= 15 is 0 Å². The average Bonchev–Trinajstić information content (AvgIpc) is 2.18. The van der Waals surface area contributed by atoms with Gasteiger partial charge < -0.3 is 4.74 Å². The molecule has 0 fully saturated rings. The fourth-order valence-electron chi connectivity index (χ4n) is 1.00. The van der Waals surface area contributed by atoms with E-state index in [-0.39, 0.29) is 12.3 Å². The van der Waals surface area contributed by atoms with Gasteiger partial charge in [0, 0.05) is 6.08 Å². The third-order valence-electron chi connectivity index (χ3n) is 1.68. The molecule has 7 heteroatoms. The number of amides is 1. The average molecular weight is 212 g/mol. The van der Waals surface area contributed by atoms with Crippen LogP contribution in [-0.2, 0) is 14.3 Å². The summed E-state index contributed by atoms with van der Waals surface area (Å²) in [7, 11) is 0. The lowest BCUT2D eigenvalue weighted by molar-refractivity contribution is -0.414. The van der Waals surface area contributed by atoms with Crippen molar-refractivity contribution in [2.45, 2.75) is 6.92 Å². The molecular formula is C8H8N2O5. The summed E-state index contributed by atoms with van der Waals surface area (Å²) < 4.78 is 4.58. The number of carbonyl (C=O) groups is 2. The third-order valence-corrected chi connectivity index (χ3v) is 1.68. The summed E-state index contributed by atoms with van der Waals surface area (Å²) in [5, 5.41) is 10.4. The first-order valence-electron chi connectivity index (χ1n) is 4.17. The van der Waals surface area contributed by atoms with Crippen LogP contribution >= 0.6 is 0 Å². The van der Waals surface area contributed by atoms with Crippen molar-refractivity contribution in [2.24, 2.45) is 10.9 Å². The van der Waals surface area contributed by atoms with Crippen LogP contribution in [0.25, 0.3) is 0 Å². The van der Waals surface area contributed by atoms with E-state index in [4.69, 9.17) is 0 Å². The monoisotopic (exact) mass is 212 g/mol. The van der Waals surface area contributed by atoms with Crippen molar-refractivity contribution < 1.29 is 19.2 Å². The zero-order valence-electron chi connectivity index (χ0n) is 7.87. The molecule has 1 unspecified atom stereocenters. The van der Waals surface area contributed by atoms with Gasteiger partial charge in [-0.25, -0.2) is 4.99 Å². The lowest BCUT2D eigenvalue weighted by Gasteiger charge is -2.09. The molecule has 0 aromatic heterocycles. The van der Waals surface area contributed by atoms with Crippen LogP contribution in [0.2, 0.25) is 0 Å². The van der Waals surface area contributed by atoms with Crippen molar-refractivity contribution in [1.29, 1.82) is 0 Å². The second-order valence-electron chi connectivity index (χ2n) is 2.67. The second-order valence-corrected chi connectivity index (χ2v) is 2.67. The molecule has 1 aliphatic heterocycles. The number of allylic oxidation sites excluding steroid dienone is 1. The Bertz CT molecular complexity index is 371. The van der Waals surface area contributed by atoms with E-state index in [1.54, 1.807) is 6.92 Å². The SMILES string of the molecule is CCOC(=O)C1C=C([N+](=O)[O-])C=NC1=O. The molecule has 7 nitrogen and oxygen atoms in total. The third kappa shape index (κ3) is 2.46. The summed E-state index contributed by atoms with van der Waals surface area (Å²) in [5.41, 5.74) is -0.382. The van der Waals surface area contributed by atoms with Crippen LogP contribution in [0, 0.1) is 16.0 Å². The zero-order valence-corrected chi connectivity index (χ0v) is 7.87. The van der Waals surface area contributed by atoms with Crippen molar-refractivity contribution in [3.63, 3.8) is 0 Å². The van der Waals surface area contributed by atoms with Crippen molar-refractivity contribution >= 4 is 18.1 Å². The van der Waals surface area contributed by atoms with Crippen molar-refractivity contribution in [2.75, 3.05) is 6.61 Å². The van der Waals surface area contributed by atoms with Gasteiger partial charge in [0.25, 0.3) is 11.6 Å². The second kappa shape index (κ2) is 4.45. The Morgan fingerprint density at radius 1 is 1.73 bits per heavy atom. The van der Waals surface area contributed by atoms with E-state index in [1.165, 1.54) is 0 Å². The van der Waals surface area contributed by atoms with E-state index in [0.717, 1.165) is 12.3 Å². The standard InChI is InChI=1S/C8H8N2O5/c1-2-15-8(12)6-3-5(10(13)14)4-9-7(6)11/h3-4,6H,2H2,1H3. The summed E-state index contributed by atoms with van der Waals surface area (Å²) in [5.74, 6) is -2.87. The molecule has 0 saturated heterocycles. The summed E-state index contributed by atoms with van der Waals surface area (Å²) in [6.07, 6.45) is 1.76. The maximum absolute atomic E-state index is 11.2. The van der Waals surface area contributed by atoms with Crippen LogP contribution in [0.4, 0.5) is 0 Å². The number of esters is 1. The van der Waals surface area contributed by atoms with Crippen LogP contribution in [0.15, 0.2) is 16.8 Å². The molecule has 0 aromatic carbocycles. The Kier molecular flexibility index (Phi) is 3.27. The zero-order chi connectivity index (χ0) is 11.4. The van der Waals surface area contributed by atoms with Crippen molar-refractivity contribution in [1.82, 2.24) is 0 Å².